The van der Waals surface area contributed by atoms with Crippen LogP contribution in [0.15, 0.2) is 18.3 Å². The standard InChI is InChI=1S/C16H25N5/c1-12(2)10-20(11-14-5-4-7-17-14)16-18-15-9-13(3)6-8-21(15)19-16/h6,8-9,12,14,17H,4-5,7,10-11H2,1-3H3. The van der Waals surface area contributed by atoms with Crippen molar-refractivity contribution in [2.45, 2.75) is 39.7 Å². The predicted octanol–water partition coefficient (Wildman–Crippen LogP) is 2.25. The summed E-state index contributed by atoms with van der Waals surface area (Å²) >= 11 is 0. The van der Waals surface area contributed by atoms with Gasteiger partial charge in [0.25, 0.3) is 0 Å². The monoisotopic (exact) mass is 287 g/mol. The highest BCUT2D eigenvalue weighted by atomic mass is 15.4. The highest BCUT2D eigenvalue weighted by Gasteiger charge is 2.21. The molecule has 0 spiro atoms. The quantitative estimate of drug-likeness (QED) is 0.916. The topological polar surface area (TPSA) is 45.5 Å². The number of aromatic nitrogens is 3. The van der Waals surface area contributed by atoms with Gasteiger partial charge in [-0.25, -0.2) is 4.52 Å². The predicted molar refractivity (Wildman–Crippen MR) is 85.8 cm³/mol. The first-order chi connectivity index (χ1) is 10.1. The molecule has 1 N–H and O–H groups in total. The fraction of sp³-hybridized carbons (Fsp3) is 0.625. The molecule has 5 nitrogen and oxygen atoms in total. The van der Waals surface area contributed by atoms with E-state index in [1.165, 1.54) is 18.4 Å². The van der Waals surface area contributed by atoms with Crippen molar-refractivity contribution in [3.05, 3.63) is 23.9 Å². The summed E-state index contributed by atoms with van der Waals surface area (Å²) in [7, 11) is 0. The normalized spacial score (nSPS) is 18.8. The molecule has 114 valence electrons. The first-order valence-corrected chi connectivity index (χ1v) is 7.93. The summed E-state index contributed by atoms with van der Waals surface area (Å²) in [6, 6.07) is 4.71. The minimum Gasteiger partial charge on any atom is -0.338 e. The summed E-state index contributed by atoms with van der Waals surface area (Å²) in [5.74, 6) is 1.45. The molecular formula is C16H25N5. The molecule has 0 radical (unpaired) electrons. The second kappa shape index (κ2) is 6.02. The number of hydrogen-bond acceptors (Lipinski definition) is 4. The zero-order valence-corrected chi connectivity index (χ0v) is 13.2. The largest absolute Gasteiger partial charge is 0.338 e. The van der Waals surface area contributed by atoms with Gasteiger partial charge in [0.2, 0.25) is 5.95 Å². The van der Waals surface area contributed by atoms with Crippen molar-refractivity contribution in [2.75, 3.05) is 24.5 Å². The van der Waals surface area contributed by atoms with Crippen LogP contribution in [-0.4, -0.2) is 40.3 Å². The molecule has 1 atom stereocenters. The molecule has 1 aliphatic rings. The number of aryl methyl sites for hydroxylation is 1. The Bertz CT molecular complexity index is 598. The Morgan fingerprint density at radius 1 is 1.48 bits per heavy atom. The molecule has 1 saturated heterocycles. The average molecular weight is 287 g/mol. The van der Waals surface area contributed by atoms with Crippen LogP contribution in [0.3, 0.4) is 0 Å². The lowest BCUT2D eigenvalue weighted by atomic mass is 10.1. The zero-order chi connectivity index (χ0) is 14.8. The van der Waals surface area contributed by atoms with E-state index in [4.69, 9.17) is 4.98 Å². The molecule has 3 heterocycles. The van der Waals surface area contributed by atoms with Crippen LogP contribution in [0.4, 0.5) is 5.95 Å². The van der Waals surface area contributed by atoms with Crippen LogP contribution in [0.25, 0.3) is 5.65 Å². The van der Waals surface area contributed by atoms with Gasteiger partial charge in [0, 0.05) is 25.3 Å². The van der Waals surface area contributed by atoms with Crippen molar-refractivity contribution in [3.63, 3.8) is 0 Å². The van der Waals surface area contributed by atoms with Crippen LogP contribution in [0, 0.1) is 12.8 Å². The number of hydrogen-bond donors (Lipinski definition) is 1. The van der Waals surface area contributed by atoms with E-state index < -0.39 is 0 Å². The Kier molecular flexibility index (Phi) is 4.10. The van der Waals surface area contributed by atoms with Gasteiger partial charge in [0.15, 0.2) is 5.65 Å². The number of fused-ring (bicyclic) bond motifs is 1. The second-order valence-corrected chi connectivity index (χ2v) is 6.51. The van der Waals surface area contributed by atoms with E-state index in [0.717, 1.165) is 31.2 Å². The molecule has 21 heavy (non-hydrogen) atoms. The summed E-state index contributed by atoms with van der Waals surface area (Å²) in [5.41, 5.74) is 2.15. The minimum atomic E-state index is 0.567. The van der Waals surface area contributed by atoms with Gasteiger partial charge in [0.1, 0.15) is 0 Å². The van der Waals surface area contributed by atoms with Gasteiger partial charge >= 0.3 is 0 Å². The van der Waals surface area contributed by atoms with Crippen LogP contribution in [0.2, 0.25) is 0 Å². The highest BCUT2D eigenvalue weighted by molar-refractivity contribution is 5.46. The number of pyridine rings is 1. The Hall–Kier alpha value is -1.62. The Morgan fingerprint density at radius 2 is 2.33 bits per heavy atom. The van der Waals surface area contributed by atoms with Crippen molar-refractivity contribution in [2.24, 2.45) is 5.92 Å². The SMILES string of the molecule is Cc1ccn2nc(N(CC(C)C)CC3CCCN3)nc2c1. The highest BCUT2D eigenvalue weighted by Crippen LogP contribution is 2.16. The molecule has 0 bridgehead atoms. The van der Waals surface area contributed by atoms with Crippen molar-refractivity contribution < 1.29 is 0 Å². The van der Waals surface area contributed by atoms with E-state index in [2.05, 4.69) is 48.2 Å². The number of nitrogens with zero attached hydrogens (tertiary/aromatic N) is 4. The van der Waals surface area contributed by atoms with Crippen LogP contribution in [-0.2, 0) is 0 Å². The van der Waals surface area contributed by atoms with E-state index in [9.17, 15) is 0 Å². The van der Waals surface area contributed by atoms with E-state index in [1.807, 2.05) is 10.7 Å². The summed E-state index contributed by atoms with van der Waals surface area (Å²) in [6.07, 6.45) is 4.52. The molecule has 0 saturated carbocycles. The van der Waals surface area contributed by atoms with Crippen LogP contribution >= 0.6 is 0 Å². The molecule has 1 fully saturated rings. The average Bonchev–Trinajstić information content (AvgIpc) is 3.05. The van der Waals surface area contributed by atoms with Crippen LogP contribution in [0.1, 0.15) is 32.3 Å². The molecule has 2 aromatic rings. The van der Waals surface area contributed by atoms with Gasteiger partial charge in [-0.05, 0) is 49.9 Å². The lowest BCUT2D eigenvalue weighted by molar-refractivity contribution is 0.534. The smallest absolute Gasteiger partial charge is 0.245 e. The third kappa shape index (κ3) is 3.35. The lowest BCUT2D eigenvalue weighted by Crippen LogP contribution is -2.40. The van der Waals surface area contributed by atoms with Crippen molar-refractivity contribution in [1.29, 1.82) is 0 Å². The second-order valence-electron chi connectivity index (χ2n) is 6.51. The first kappa shape index (κ1) is 14.3. The van der Waals surface area contributed by atoms with Gasteiger partial charge in [-0.2, -0.15) is 4.98 Å². The Labute approximate surface area is 126 Å². The molecule has 5 heteroatoms. The lowest BCUT2D eigenvalue weighted by Gasteiger charge is -2.26. The fourth-order valence-electron chi connectivity index (χ4n) is 2.96. The maximum atomic E-state index is 4.72. The molecular weight excluding hydrogens is 262 g/mol. The molecule has 0 aromatic carbocycles. The first-order valence-electron chi connectivity index (χ1n) is 7.93. The zero-order valence-electron chi connectivity index (χ0n) is 13.2. The van der Waals surface area contributed by atoms with Gasteiger partial charge < -0.3 is 10.2 Å². The molecule has 2 aromatic heterocycles. The fourth-order valence-corrected chi connectivity index (χ4v) is 2.96. The van der Waals surface area contributed by atoms with Gasteiger partial charge in [-0.3, -0.25) is 0 Å². The molecule has 0 aliphatic carbocycles. The van der Waals surface area contributed by atoms with Crippen molar-refractivity contribution in [1.82, 2.24) is 19.9 Å². The third-order valence-corrected chi connectivity index (χ3v) is 3.95. The van der Waals surface area contributed by atoms with E-state index in [0.29, 0.717) is 12.0 Å². The maximum Gasteiger partial charge on any atom is 0.245 e. The minimum absolute atomic E-state index is 0.567. The van der Waals surface area contributed by atoms with E-state index in [-0.39, 0.29) is 0 Å². The van der Waals surface area contributed by atoms with Crippen LogP contribution in [0.5, 0.6) is 0 Å². The van der Waals surface area contributed by atoms with Crippen LogP contribution < -0.4 is 10.2 Å². The van der Waals surface area contributed by atoms with Crippen molar-refractivity contribution >= 4 is 11.6 Å². The Morgan fingerprint density at radius 3 is 3.05 bits per heavy atom. The maximum absolute atomic E-state index is 4.72. The molecule has 0 amide bonds. The Balaban J connectivity index is 1.85. The molecule has 3 rings (SSSR count). The van der Waals surface area contributed by atoms with E-state index >= 15 is 0 Å². The van der Waals surface area contributed by atoms with Gasteiger partial charge in [-0.15, -0.1) is 5.10 Å². The summed E-state index contributed by atoms with van der Waals surface area (Å²) in [5, 5.41) is 8.22. The van der Waals surface area contributed by atoms with Gasteiger partial charge in [0.05, 0.1) is 0 Å². The summed E-state index contributed by atoms with van der Waals surface area (Å²) in [4.78, 5) is 7.05. The van der Waals surface area contributed by atoms with E-state index in [1.54, 1.807) is 0 Å². The summed E-state index contributed by atoms with van der Waals surface area (Å²) in [6.45, 7) is 9.70. The van der Waals surface area contributed by atoms with Gasteiger partial charge in [-0.1, -0.05) is 13.8 Å². The number of rotatable bonds is 5. The summed E-state index contributed by atoms with van der Waals surface area (Å²) < 4.78 is 1.87. The van der Waals surface area contributed by atoms with Crippen molar-refractivity contribution in [3.8, 4) is 0 Å². The number of nitrogens with one attached hydrogen (secondary N) is 1. The molecule has 1 unspecified atom stereocenters. The molecule has 1 aliphatic heterocycles. The third-order valence-electron chi connectivity index (χ3n) is 3.95. The number of anilines is 1.